The highest BCUT2D eigenvalue weighted by Crippen LogP contribution is 2.23. The molecule has 0 saturated carbocycles. The number of methoxy groups -OCH3 is 2. The predicted molar refractivity (Wildman–Crippen MR) is 51.9 cm³/mol. The highest BCUT2D eigenvalue weighted by molar-refractivity contribution is 6.31. The van der Waals surface area contributed by atoms with Crippen molar-refractivity contribution in [1.82, 2.24) is 4.98 Å². The van der Waals surface area contributed by atoms with Crippen molar-refractivity contribution in [3.05, 3.63) is 22.3 Å². The van der Waals surface area contributed by atoms with Crippen LogP contribution in [0.1, 0.15) is 16.1 Å². The maximum absolute atomic E-state index is 11.3. The molecule has 0 aliphatic rings. The van der Waals surface area contributed by atoms with Crippen molar-refractivity contribution in [1.29, 1.82) is 0 Å². The number of aryl methyl sites for hydroxylation is 1. The first-order chi connectivity index (χ1) is 6.60. The van der Waals surface area contributed by atoms with Crippen molar-refractivity contribution in [3.8, 4) is 5.88 Å². The van der Waals surface area contributed by atoms with Crippen molar-refractivity contribution >= 4 is 17.6 Å². The number of carbonyl (C=O) groups excluding carboxylic acids is 1. The quantitative estimate of drug-likeness (QED) is 0.707. The first-order valence-corrected chi connectivity index (χ1v) is 4.27. The molecule has 0 amide bonds. The van der Waals surface area contributed by atoms with E-state index in [1.807, 2.05) is 0 Å². The van der Waals surface area contributed by atoms with Crippen LogP contribution < -0.4 is 4.74 Å². The number of rotatable bonds is 2. The Morgan fingerprint density at radius 3 is 2.64 bits per heavy atom. The average molecular weight is 216 g/mol. The summed E-state index contributed by atoms with van der Waals surface area (Å²) in [5.41, 5.74) is 0.835. The molecule has 5 heteroatoms. The summed E-state index contributed by atoms with van der Waals surface area (Å²) in [7, 11) is 2.72. The van der Waals surface area contributed by atoms with Crippen LogP contribution in [0, 0.1) is 6.92 Å². The molecule has 0 bridgehead atoms. The van der Waals surface area contributed by atoms with Crippen molar-refractivity contribution in [3.63, 3.8) is 0 Å². The molecule has 1 rings (SSSR count). The normalized spacial score (nSPS) is 9.71. The molecule has 76 valence electrons. The minimum Gasteiger partial charge on any atom is -0.480 e. The Morgan fingerprint density at radius 2 is 2.14 bits per heavy atom. The molecule has 0 unspecified atom stereocenters. The van der Waals surface area contributed by atoms with E-state index < -0.39 is 5.97 Å². The topological polar surface area (TPSA) is 48.4 Å². The van der Waals surface area contributed by atoms with Gasteiger partial charge in [0, 0.05) is 0 Å². The third-order valence-corrected chi connectivity index (χ3v) is 2.10. The van der Waals surface area contributed by atoms with Gasteiger partial charge in [-0.2, -0.15) is 0 Å². The Labute approximate surface area is 86.8 Å². The van der Waals surface area contributed by atoms with Gasteiger partial charge in [-0.25, -0.2) is 9.78 Å². The molecule has 0 N–H and O–H groups in total. The highest BCUT2D eigenvalue weighted by Gasteiger charge is 2.16. The van der Waals surface area contributed by atoms with Gasteiger partial charge < -0.3 is 9.47 Å². The minimum absolute atomic E-state index is 0.221. The van der Waals surface area contributed by atoms with Crippen molar-refractivity contribution in [2.24, 2.45) is 0 Å². The van der Waals surface area contributed by atoms with Crippen LogP contribution in [0.5, 0.6) is 5.88 Å². The lowest BCUT2D eigenvalue weighted by Gasteiger charge is -2.07. The van der Waals surface area contributed by atoms with Gasteiger partial charge in [0.15, 0.2) is 0 Å². The van der Waals surface area contributed by atoms with Gasteiger partial charge in [0.2, 0.25) is 5.88 Å². The summed E-state index contributed by atoms with van der Waals surface area (Å²) in [4.78, 5) is 15.3. The Morgan fingerprint density at radius 1 is 1.50 bits per heavy atom. The second-order valence-electron chi connectivity index (χ2n) is 2.60. The number of hydrogen-bond acceptors (Lipinski definition) is 4. The average Bonchev–Trinajstić information content (AvgIpc) is 2.20. The predicted octanol–water partition coefficient (Wildman–Crippen LogP) is 1.84. The van der Waals surface area contributed by atoms with Crippen LogP contribution in [0.4, 0.5) is 0 Å². The Balaban J connectivity index is 3.27. The summed E-state index contributed by atoms with van der Waals surface area (Å²) < 4.78 is 9.49. The van der Waals surface area contributed by atoms with E-state index in [2.05, 4.69) is 9.72 Å². The van der Waals surface area contributed by atoms with E-state index in [0.717, 1.165) is 0 Å². The number of halogens is 1. The molecule has 0 aromatic carbocycles. The monoisotopic (exact) mass is 215 g/mol. The van der Waals surface area contributed by atoms with Crippen molar-refractivity contribution in [2.45, 2.75) is 6.92 Å². The maximum atomic E-state index is 11.3. The van der Waals surface area contributed by atoms with E-state index in [1.54, 1.807) is 6.92 Å². The number of hydrogen-bond donors (Lipinski definition) is 0. The smallest absolute Gasteiger partial charge is 0.343 e. The summed E-state index contributed by atoms with van der Waals surface area (Å²) in [5, 5.41) is 0.409. The van der Waals surface area contributed by atoms with E-state index in [-0.39, 0.29) is 11.4 Å². The number of pyridine rings is 1. The Hall–Kier alpha value is -1.29. The van der Waals surface area contributed by atoms with Crippen LogP contribution in [0.2, 0.25) is 5.02 Å². The van der Waals surface area contributed by atoms with Crippen LogP contribution in [-0.4, -0.2) is 25.2 Å². The molecule has 0 saturated heterocycles. The zero-order chi connectivity index (χ0) is 10.7. The van der Waals surface area contributed by atoms with Gasteiger partial charge in [0.1, 0.15) is 5.56 Å². The zero-order valence-electron chi connectivity index (χ0n) is 8.13. The lowest BCUT2D eigenvalue weighted by atomic mass is 10.2. The largest absolute Gasteiger partial charge is 0.480 e. The van der Waals surface area contributed by atoms with Crippen LogP contribution in [0.15, 0.2) is 6.07 Å². The van der Waals surface area contributed by atoms with E-state index in [9.17, 15) is 4.79 Å². The fourth-order valence-corrected chi connectivity index (χ4v) is 1.12. The van der Waals surface area contributed by atoms with Crippen LogP contribution in [0.3, 0.4) is 0 Å². The molecule has 14 heavy (non-hydrogen) atoms. The summed E-state index contributed by atoms with van der Waals surface area (Å²) in [6.45, 7) is 1.73. The lowest BCUT2D eigenvalue weighted by molar-refractivity contribution is 0.0596. The minimum atomic E-state index is -0.517. The van der Waals surface area contributed by atoms with Crippen LogP contribution in [-0.2, 0) is 4.74 Å². The molecule has 1 aromatic rings. The zero-order valence-corrected chi connectivity index (χ0v) is 8.88. The number of esters is 1. The molecule has 0 atom stereocenters. The highest BCUT2D eigenvalue weighted by atomic mass is 35.5. The molecule has 4 nitrogen and oxygen atoms in total. The first kappa shape index (κ1) is 10.8. The molecule has 0 aliphatic carbocycles. The van der Waals surface area contributed by atoms with Gasteiger partial charge in [0.25, 0.3) is 0 Å². The van der Waals surface area contributed by atoms with Gasteiger partial charge in [-0.15, -0.1) is 0 Å². The van der Waals surface area contributed by atoms with E-state index in [4.69, 9.17) is 16.3 Å². The maximum Gasteiger partial charge on any atom is 0.343 e. The van der Waals surface area contributed by atoms with Gasteiger partial charge >= 0.3 is 5.97 Å². The summed E-state index contributed by atoms with van der Waals surface area (Å²) in [5.74, 6) is -0.296. The van der Waals surface area contributed by atoms with Crippen molar-refractivity contribution < 1.29 is 14.3 Å². The molecular weight excluding hydrogens is 206 g/mol. The number of aromatic nitrogens is 1. The fourth-order valence-electron chi connectivity index (χ4n) is 0.971. The fraction of sp³-hybridized carbons (Fsp3) is 0.333. The lowest BCUT2D eigenvalue weighted by Crippen LogP contribution is -2.06. The molecule has 0 spiro atoms. The van der Waals surface area contributed by atoms with Gasteiger partial charge in [-0.1, -0.05) is 11.6 Å². The molecule has 0 aliphatic heterocycles. The number of carbonyl (C=O) groups is 1. The molecule has 1 heterocycles. The standard InChI is InChI=1S/C9H10ClNO3/c1-5-7(10)4-6(9(12)14-3)8(11-5)13-2/h4H,1-3H3. The summed E-state index contributed by atoms with van der Waals surface area (Å²) >= 11 is 5.82. The van der Waals surface area contributed by atoms with E-state index in [1.165, 1.54) is 20.3 Å². The summed E-state index contributed by atoms with van der Waals surface area (Å²) in [6, 6.07) is 1.48. The molecular formula is C9H10ClNO3. The molecule has 0 fully saturated rings. The van der Waals surface area contributed by atoms with E-state index >= 15 is 0 Å². The second kappa shape index (κ2) is 4.28. The van der Waals surface area contributed by atoms with Crippen LogP contribution in [0.25, 0.3) is 0 Å². The van der Waals surface area contributed by atoms with E-state index in [0.29, 0.717) is 10.7 Å². The number of ether oxygens (including phenoxy) is 2. The SMILES string of the molecule is COC(=O)c1cc(Cl)c(C)nc1OC. The van der Waals surface area contributed by atoms with Gasteiger partial charge in [-0.05, 0) is 13.0 Å². The summed E-state index contributed by atoms with van der Waals surface area (Å²) in [6.07, 6.45) is 0. The number of nitrogens with zero attached hydrogens (tertiary/aromatic N) is 1. The third-order valence-electron chi connectivity index (χ3n) is 1.72. The van der Waals surface area contributed by atoms with Gasteiger partial charge in [0.05, 0.1) is 24.9 Å². The molecule has 0 radical (unpaired) electrons. The Kier molecular flexibility index (Phi) is 3.30. The molecule has 1 aromatic heterocycles. The first-order valence-electron chi connectivity index (χ1n) is 3.89. The third kappa shape index (κ3) is 1.96. The van der Waals surface area contributed by atoms with Crippen LogP contribution >= 0.6 is 11.6 Å². The van der Waals surface area contributed by atoms with Gasteiger partial charge in [-0.3, -0.25) is 0 Å². The Bertz CT molecular complexity index is 365. The second-order valence-corrected chi connectivity index (χ2v) is 3.01. The van der Waals surface area contributed by atoms with Crippen molar-refractivity contribution in [2.75, 3.05) is 14.2 Å².